The Morgan fingerprint density at radius 3 is 1.56 bits per heavy atom. The third kappa shape index (κ3) is 23.8. The van der Waals surface area contributed by atoms with Gasteiger partial charge in [-0.05, 0) is 38.5 Å². The Morgan fingerprint density at radius 1 is 0.648 bits per heavy atom. The fourth-order valence-corrected chi connectivity index (χ4v) is 5.93. The van der Waals surface area contributed by atoms with E-state index in [1.54, 1.807) is 6.92 Å². The quantitative estimate of drug-likeness (QED) is 0.0191. The number of carbonyl (C=O) groups excluding carboxylic acids is 5. The summed E-state index contributed by atoms with van der Waals surface area (Å²) in [7, 11) is -3.69. The molecule has 314 valence electrons. The fraction of sp³-hybridized carbons (Fsp3) is 0.839. The molecule has 0 radical (unpaired) electrons. The maximum atomic E-state index is 13.3. The zero-order chi connectivity index (χ0) is 40.0. The van der Waals surface area contributed by atoms with Crippen molar-refractivity contribution in [2.75, 3.05) is 85.3 Å². The van der Waals surface area contributed by atoms with E-state index in [1.165, 1.54) is 0 Å². The van der Waals surface area contributed by atoms with Gasteiger partial charge < -0.3 is 64.7 Å². The van der Waals surface area contributed by atoms with Crippen LogP contribution in [0.1, 0.15) is 58.3 Å². The van der Waals surface area contributed by atoms with E-state index in [1.807, 2.05) is 0 Å². The molecule has 1 aliphatic carbocycles. The van der Waals surface area contributed by atoms with Crippen LogP contribution in [0.2, 0.25) is 0 Å². The van der Waals surface area contributed by atoms with Gasteiger partial charge >= 0.3 is 7.60 Å². The third-order valence-corrected chi connectivity index (χ3v) is 9.49. The largest absolute Gasteiger partial charge is 0.377 e. The standard InChI is InChI=1S/C31H61N8O14P/c1-2-54(45,46)53-24-5-3-23(4-6-24)29(42)39-26(31(44)37-13-16-49-19-22-52-34)8-10-28(41)38-25(30(43)36-12-15-48-18-21-51-33)7-9-27(40)35-11-14-47-17-20-50-32/h23-26H,2-22,32-34H2,1H3,(H,35,40)(H,36,43)(H,37,44)(H,38,41)(H,39,42)(H,45,46). The van der Waals surface area contributed by atoms with E-state index in [2.05, 4.69) is 41.1 Å². The van der Waals surface area contributed by atoms with Crippen molar-refractivity contribution in [1.82, 2.24) is 26.6 Å². The number of hydrogen-bond acceptors (Lipinski definition) is 16. The van der Waals surface area contributed by atoms with Crippen LogP contribution in [-0.2, 0) is 61.8 Å². The van der Waals surface area contributed by atoms with Gasteiger partial charge in [0, 0.05) is 44.6 Å². The molecule has 3 unspecified atom stereocenters. The van der Waals surface area contributed by atoms with Gasteiger partial charge in [0.2, 0.25) is 29.5 Å². The van der Waals surface area contributed by atoms with E-state index < -0.39 is 55.3 Å². The minimum absolute atomic E-state index is 0.0198. The summed E-state index contributed by atoms with van der Waals surface area (Å²) in [5.41, 5.74) is 0. The number of amides is 5. The molecule has 1 aliphatic rings. The minimum atomic E-state index is -3.69. The molecule has 12 N–H and O–H groups in total. The van der Waals surface area contributed by atoms with Gasteiger partial charge in [-0.2, -0.15) is 0 Å². The second-order valence-electron chi connectivity index (χ2n) is 12.2. The number of rotatable bonds is 32. The Hall–Kier alpha value is -2.86. The van der Waals surface area contributed by atoms with Crippen molar-refractivity contribution in [3.8, 4) is 0 Å². The van der Waals surface area contributed by atoms with Crippen LogP contribution < -0.4 is 44.3 Å². The molecule has 0 spiro atoms. The van der Waals surface area contributed by atoms with Crippen LogP contribution in [0.25, 0.3) is 0 Å². The molecule has 1 fully saturated rings. The summed E-state index contributed by atoms with van der Waals surface area (Å²) >= 11 is 0. The molecule has 0 aromatic heterocycles. The number of nitrogens with one attached hydrogen (secondary N) is 5. The van der Waals surface area contributed by atoms with Crippen molar-refractivity contribution in [3.63, 3.8) is 0 Å². The maximum Gasteiger partial charge on any atom is 0.328 e. The van der Waals surface area contributed by atoms with Crippen molar-refractivity contribution in [2.24, 2.45) is 23.6 Å². The number of hydrogen-bond donors (Lipinski definition) is 9. The lowest BCUT2D eigenvalue weighted by atomic mass is 9.86. The van der Waals surface area contributed by atoms with Crippen molar-refractivity contribution in [1.29, 1.82) is 0 Å². The Morgan fingerprint density at radius 2 is 1.09 bits per heavy atom. The van der Waals surface area contributed by atoms with Gasteiger partial charge in [0.1, 0.15) is 12.1 Å². The van der Waals surface area contributed by atoms with Gasteiger partial charge in [-0.3, -0.25) is 28.5 Å². The molecular weight excluding hydrogens is 739 g/mol. The molecule has 0 saturated heterocycles. The normalized spacial score (nSPS) is 17.8. The van der Waals surface area contributed by atoms with E-state index in [9.17, 15) is 33.4 Å². The summed E-state index contributed by atoms with van der Waals surface area (Å²) in [5.74, 6) is 11.9. The zero-order valence-electron chi connectivity index (χ0n) is 31.1. The molecule has 0 aromatic carbocycles. The molecule has 0 aliphatic heterocycles. The lowest BCUT2D eigenvalue weighted by Crippen LogP contribution is -2.51. The average molecular weight is 801 g/mol. The number of carbonyl (C=O) groups is 5. The van der Waals surface area contributed by atoms with Gasteiger partial charge in [-0.15, -0.1) is 0 Å². The SMILES string of the molecule is CCP(=O)(O)OC1CCC(C(=O)NC(CCC(=O)NC(CCC(=O)NCCOCCON)C(=O)NCCOCCON)C(=O)NCCOCCON)CC1. The van der Waals surface area contributed by atoms with Crippen LogP contribution in [-0.4, -0.2) is 138 Å². The second kappa shape index (κ2) is 30.4. The smallest absolute Gasteiger partial charge is 0.328 e. The average Bonchev–Trinajstić information content (AvgIpc) is 3.15. The molecule has 0 heterocycles. The highest BCUT2D eigenvalue weighted by atomic mass is 31.2. The van der Waals surface area contributed by atoms with Crippen LogP contribution in [0.3, 0.4) is 0 Å². The minimum Gasteiger partial charge on any atom is -0.377 e. The van der Waals surface area contributed by atoms with Crippen LogP contribution in [0.4, 0.5) is 0 Å². The summed E-state index contributed by atoms with van der Waals surface area (Å²) in [6.07, 6.45) is 0.534. The fourth-order valence-electron chi connectivity index (χ4n) is 5.10. The summed E-state index contributed by atoms with van der Waals surface area (Å²) < 4.78 is 33.2. The van der Waals surface area contributed by atoms with Crippen molar-refractivity contribution < 1.29 is 66.7 Å². The Labute approximate surface area is 315 Å². The molecule has 54 heavy (non-hydrogen) atoms. The van der Waals surface area contributed by atoms with Gasteiger partial charge in [-0.25, -0.2) is 17.7 Å². The first-order chi connectivity index (χ1) is 26.0. The summed E-state index contributed by atoms with van der Waals surface area (Å²) in [4.78, 5) is 88.2. The van der Waals surface area contributed by atoms with E-state index in [4.69, 9.17) is 36.4 Å². The lowest BCUT2D eigenvalue weighted by molar-refractivity contribution is -0.133. The highest BCUT2D eigenvalue weighted by molar-refractivity contribution is 7.52. The Bertz CT molecular complexity index is 1140. The summed E-state index contributed by atoms with van der Waals surface area (Å²) in [5, 5.41) is 13.4. The highest BCUT2D eigenvalue weighted by Crippen LogP contribution is 2.45. The molecule has 23 heteroatoms. The van der Waals surface area contributed by atoms with Crippen molar-refractivity contribution in [2.45, 2.75) is 76.5 Å². The molecule has 0 aromatic rings. The van der Waals surface area contributed by atoms with E-state index >= 15 is 0 Å². The predicted octanol–water partition coefficient (Wildman–Crippen LogP) is -2.63. The zero-order valence-corrected chi connectivity index (χ0v) is 32.0. The summed E-state index contributed by atoms with van der Waals surface area (Å²) in [6.45, 7) is 3.65. The highest BCUT2D eigenvalue weighted by Gasteiger charge is 2.33. The Balaban J connectivity index is 2.86. The lowest BCUT2D eigenvalue weighted by Gasteiger charge is -2.30. The number of nitrogens with two attached hydrogens (primary N) is 3. The van der Waals surface area contributed by atoms with E-state index in [0.717, 1.165) is 0 Å². The molecular formula is C31H61N8O14P. The molecule has 5 amide bonds. The molecule has 22 nitrogen and oxygen atoms in total. The topological polar surface area (TPSA) is 325 Å². The Kier molecular flexibility index (Phi) is 27.6. The molecule has 1 saturated carbocycles. The van der Waals surface area contributed by atoms with Crippen LogP contribution >= 0.6 is 7.60 Å². The summed E-state index contributed by atoms with van der Waals surface area (Å²) in [6, 6.07) is -2.22. The van der Waals surface area contributed by atoms with Gasteiger partial charge in [0.25, 0.3) is 0 Å². The maximum absolute atomic E-state index is 13.3. The van der Waals surface area contributed by atoms with Crippen LogP contribution in [0, 0.1) is 5.92 Å². The van der Waals surface area contributed by atoms with Crippen LogP contribution in [0.15, 0.2) is 0 Å². The molecule has 1 rings (SSSR count). The van der Waals surface area contributed by atoms with Crippen molar-refractivity contribution in [3.05, 3.63) is 0 Å². The predicted molar refractivity (Wildman–Crippen MR) is 191 cm³/mol. The second-order valence-corrected chi connectivity index (χ2v) is 14.3. The number of ether oxygens (including phenoxy) is 3. The van der Waals surface area contributed by atoms with E-state index in [-0.39, 0.29) is 117 Å². The van der Waals surface area contributed by atoms with Crippen LogP contribution in [0.5, 0.6) is 0 Å². The van der Waals surface area contributed by atoms with Gasteiger partial charge in [0.15, 0.2) is 0 Å². The molecule has 3 atom stereocenters. The first-order valence-corrected chi connectivity index (χ1v) is 19.8. The monoisotopic (exact) mass is 800 g/mol. The van der Waals surface area contributed by atoms with Gasteiger partial charge in [0.05, 0.1) is 65.6 Å². The van der Waals surface area contributed by atoms with Gasteiger partial charge in [-0.1, -0.05) is 6.92 Å². The van der Waals surface area contributed by atoms with Crippen molar-refractivity contribution >= 4 is 37.1 Å². The third-order valence-electron chi connectivity index (χ3n) is 8.06. The first kappa shape index (κ1) is 49.2. The first-order valence-electron chi connectivity index (χ1n) is 18.1. The molecule has 0 bridgehead atoms. The van der Waals surface area contributed by atoms with E-state index in [0.29, 0.717) is 25.7 Å².